The SMILES string of the molecule is Clc1ccc([C@H]2O[C@]2(Cn2cncn2)c2ccccc2Cl)c(Cl)c1. The molecule has 0 amide bonds. The molecule has 2 heterocycles. The molecule has 0 spiro atoms. The van der Waals surface area contributed by atoms with Crippen LogP contribution in [0.3, 0.4) is 0 Å². The number of ether oxygens (including phenoxy) is 1. The van der Waals surface area contributed by atoms with Crippen LogP contribution in [0, 0.1) is 0 Å². The minimum absolute atomic E-state index is 0.230. The van der Waals surface area contributed by atoms with E-state index in [9.17, 15) is 0 Å². The van der Waals surface area contributed by atoms with Crippen LogP contribution in [0.15, 0.2) is 55.1 Å². The Bertz CT molecular complexity index is 885. The first-order valence-electron chi connectivity index (χ1n) is 7.30. The van der Waals surface area contributed by atoms with Crippen molar-refractivity contribution in [2.24, 2.45) is 0 Å². The molecule has 4 rings (SSSR count). The highest BCUT2D eigenvalue weighted by Gasteiger charge is 2.60. The van der Waals surface area contributed by atoms with E-state index in [4.69, 9.17) is 39.5 Å². The molecule has 24 heavy (non-hydrogen) atoms. The Labute approximate surface area is 153 Å². The van der Waals surface area contributed by atoms with Crippen molar-refractivity contribution in [3.63, 3.8) is 0 Å². The molecule has 0 unspecified atom stereocenters. The average molecular weight is 381 g/mol. The Kier molecular flexibility index (Phi) is 4.01. The Balaban J connectivity index is 1.78. The number of hydrogen-bond acceptors (Lipinski definition) is 3. The Hall–Kier alpha value is -1.59. The molecule has 0 saturated carbocycles. The smallest absolute Gasteiger partial charge is 0.145 e. The predicted octanol–water partition coefficient (Wildman–Crippen LogP) is 4.91. The lowest BCUT2D eigenvalue weighted by Gasteiger charge is -2.15. The van der Waals surface area contributed by atoms with E-state index in [0.717, 1.165) is 11.1 Å². The fourth-order valence-corrected chi connectivity index (χ4v) is 3.78. The molecule has 0 N–H and O–H groups in total. The normalized spacial score (nSPS) is 22.5. The van der Waals surface area contributed by atoms with Gasteiger partial charge in [0, 0.05) is 26.2 Å². The van der Waals surface area contributed by atoms with Gasteiger partial charge in [-0.1, -0.05) is 59.1 Å². The van der Waals surface area contributed by atoms with Gasteiger partial charge in [-0.3, -0.25) is 0 Å². The minimum Gasteiger partial charge on any atom is -0.354 e. The first kappa shape index (κ1) is 15.9. The Morgan fingerprint density at radius 2 is 1.92 bits per heavy atom. The molecular weight excluding hydrogens is 369 g/mol. The van der Waals surface area contributed by atoms with E-state index in [2.05, 4.69) is 10.1 Å². The third-order valence-electron chi connectivity index (χ3n) is 4.13. The first-order valence-corrected chi connectivity index (χ1v) is 8.44. The van der Waals surface area contributed by atoms with Gasteiger partial charge in [-0.15, -0.1) is 0 Å². The summed E-state index contributed by atoms with van der Waals surface area (Å²) >= 11 is 18.8. The number of aromatic nitrogens is 3. The van der Waals surface area contributed by atoms with Crippen molar-refractivity contribution in [2.75, 3.05) is 0 Å². The molecule has 2 atom stereocenters. The zero-order valence-electron chi connectivity index (χ0n) is 12.4. The van der Waals surface area contributed by atoms with E-state index in [1.807, 2.05) is 30.3 Å². The van der Waals surface area contributed by atoms with Gasteiger partial charge in [0.1, 0.15) is 24.4 Å². The second-order valence-corrected chi connectivity index (χ2v) is 6.88. The maximum atomic E-state index is 6.43. The van der Waals surface area contributed by atoms with Crippen LogP contribution in [0.1, 0.15) is 17.2 Å². The molecule has 0 bridgehead atoms. The first-order chi connectivity index (χ1) is 11.6. The van der Waals surface area contributed by atoms with Gasteiger partial charge in [0.25, 0.3) is 0 Å². The topological polar surface area (TPSA) is 43.2 Å². The summed E-state index contributed by atoms with van der Waals surface area (Å²) in [5.41, 5.74) is 1.14. The van der Waals surface area contributed by atoms with Crippen molar-refractivity contribution in [3.05, 3.63) is 81.3 Å². The van der Waals surface area contributed by atoms with Crippen LogP contribution in [0.25, 0.3) is 0 Å². The van der Waals surface area contributed by atoms with Crippen molar-refractivity contribution in [2.45, 2.75) is 18.2 Å². The summed E-state index contributed by atoms with van der Waals surface area (Å²) < 4.78 is 7.88. The third-order valence-corrected chi connectivity index (χ3v) is 5.02. The second kappa shape index (κ2) is 6.05. The van der Waals surface area contributed by atoms with E-state index in [1.165, 1.54) is 6.33 Å². The third kappa shape index (κ3) is 2.70. The van der Waals surface area contributed by atoms with Crippen LogP contribution in [0.2, 0.25) is 15.1 Å². The number of halogens is 3. The van der Waals surface area contributed by atoms with E-state index >= 15 is 0 Å². The van der Waals surface area contributed by atoms with E-state index in [0.29, 0.717) is 21.6 Å². The van der Waals surface area contributed by atoms with Crippen molar-refractivity contribution in [1.82, 2.24) is 14.8 Å². The summed E-state index contributed by atoms with van der Waals surface area (Å²) in [5, 5.41) is 5.99. The number of epoxide rings is 1. The molecule has 0 aliphatic carbocycles. The van der Waals surface area contributed by atoms with Gasteiger partial charge in [0.2, 0.25) is 0 Å². The summed E-state index contributed by atoms with van der Waals surface area (Å²) in [7, 11) is 0. The number of benzene rings is 2. The van der Waals surface area contributed by atoms with Crippen LogP contribution in [0.4, 0.5) is 0 Å². The quantitative estimate of drug-likeness (QED) is 0.604. The zero-order valence-corrected chi connectivity index (χ0v) is 14.6. The molecule has 1 aromatic heterocycles. The monoisotopic (exact) mass is 379 g/mol. The molecule has 2 aromatic carbocycles. The number of nitrogens with zero attached hydrogens (tertiary/aromatic N) is 3. The highest BCUT2D eigenvalue weighted by atomic mass is 35.5. The Morgan fingerprint density at radius 3 is 2.62 bits per heavy atom. The summed E-state index contributed by atoms with van der Waals surface area (Å²) in [6.45, 7) is 0.486. The summed E-state index contributed by atoms with van der Waals surface area (Å²) in [5.74, 6) is 0. The lowest BCUT2D eigenvalue weighted by molar-refractivity contribution is 0.262. The highest BCUT2D eigenvalue weighted by Crippen LogP contribution is 2.60. The fourth-order valence-electron chi connectivity index (χ4n) is 2.97. The lowest BCUT2D eigenvalue weighted by Crippen LogP contribution is -2.20. The zero-order chi connectivity index (χ0) is 16.7. The number of rotatable bonds is 4. The predicted molar refractivity (Wildman–Crippen MR) is 93.4 cm³/mol. The van der Waals surface area contributed by atoms with Crippen molar-refractivity contribution < 1.29 is 4.74 Å². The highest BCUT2D eigenvalue weighted by molar-refractivity contribution is 6.35. The summed E-state index contributed by atoms with van der Waals surface area (Å²) in [6.07, 6.45) is 2.92. The van der Waals surface area contributed by atoms with Crippen molar-refractivity contribution in [3.8, 4) is 0 Å². The fraction of sp³-hybridized carbons (Fsp3) is 0.176. The standard InChI is InChI=1S/C17H12Cl3N3O/c18-11-5-6-12(15(20)7-11)16-17(24-16,8-23-10-21-9-22-23)13-3-1-2-4-14(13)19/h1-7,9-10,16H,8H2/t16-,17-/m1/s1. The molecule has 4 nitrogen and oxygen atoms in total. The van der Waals surface area contributed by atoms with Gasteiger partial charge in [0.05, 0.1) is 6.54 Å². The lowest BCUT2D eigenvalue weighted by atomic mass is 9.91. The molecule has 122 valence electrons. The molecule has 3 aromatic rings. The average Bonchev–Trinajstić information content (AvgIpc) is 3.01. The van der Waals surface area contributed by atoms with Crippen LogP contribution < -0.4 is 0 Å². The molecule has 0 radical (unpaired) electrons. The van der Waals surface area contributed by atoms with E-state index in [1.54, 1.807) is 23.1 Å². The largest absolute Gasteiger partial charge is 0.354 e. The van der Waals surface area contributed by atoms with E-state index in [-0.39, 0.29) is 6.10 Å². The van der Waals surface area contributed by atoms with Crippen LogP contribution in [-0.2, 0) is 16.9 Å². The second-order valence-electron chi connectivity index (χ2n) is 5.63. The van der Waals surface area contributed by atoms with E-state index < -0.39 is 5.60 Å². The molecule has 1 fully saturated rings. The van der Waals surface area contributed by atoms with Gasteiger partial charge in [0.15, 0.2) is 0 Å². The molecule has 1 aliphatic rings. The minimum atomic E-state index is -0.635. The van der Waals surface area contributed by atoms with Gasteiger partial charge >= 0.3 is 0 Å². The molecule has 1 saturated heterocycles. The van der Waals surface area contributed by atoms with Gasteiger partial charge in [-0.25, -0.2) is 9.67 Å². The van der Waals surface area contributed by atoms with Crippen molar-refractivity contribution in [1.29, 1.82) is 0 Å². The van der Waals surface area contributed by atoms with Crippen LogP contribution in [0.5, 0.6) is 0 Å². The van der Waals surface area contributed by atoms with Crippen LogP contribution in [-0.4, -0.2) is 14.8 Å². The summed E-state index contributed by atoms with van der Waals surface area (Å²) in [6, 6.07) is 13.0. The van der Waals surface area contributed by atoms with Gasteiger partial charge in [-0.05, 0) is 18.2 Å². The Morgan fingerprint density at radius 1 is 1.08 bits per heavy atom. The molecule has 7 heteroatoms. The van der Waals surface area contributed by atoms with Gasteiger partial charge < -0.3 is 4.74 Å². The van der Waals surface area contributed by atoms with Crippen molar-refractivity contribution >= 4 is 34.8 Å². The maximum absolute atomic E-state index is 6.43. The number of hydrogen-bond donors (Lipinski definition) is 0. The maximum Gasteiger partial charge on any atom is 0.145 e. The summed E-state index contributed by atoms with van der Waals surface area (Å²) in [4.78, 5) is 4.00. The van der Waals surface area contributed by atoms with Crippen LogP contribution >= 0.6 is 34.8 Å². The molecule has 1 aliphatic heterocycles. The molecular formula is C17H12Cl3N3O. The van der Waals surface area contributed by atoms with Gasteiger partial charge in [-0.2, -0.15) is 5.10 Å².